The Kier molecular flexibility index (Phi) is 4.61. The van der Waals surface area contributed by atoms with E-state index in [4.69, 9.17) is 0 Å². The summed E-state index contributed by atoms with van der Waals surface area (Å²) >= 11 is 0. The van der Waals surface area contributed by atoms with Gasteiger partial charge in [-0.15, -0.1) is 0 Å². The maximum Gasteiger partial charge on any atom is 0.243 e. The van der Waals surface area contributed by atoms with Gasteiger partial charge in [0.05, 0.1) is 0 Å². The molecule has 1 aromatic rings. The lowest BCUT2D eigenvalue weighted by atomic mass is 9.82. The zero-order chi connectivity index (χ0) is 15.8. The molecule has 0 saturated carbocycles. The van der Waals surface area contributed by atoms with Crippen molar-refractivity contribution in [2.45, 2.75) is 51.5 Å². The van der Waals surface area contributed by atoms with Gasteiger partial charge in [0, 0.05) is 11.6 Å². The first-order valence-electron chi connectivity index (χ1n) is 6.31. The molecule has 0 atom stereocenters. The first-order chi connectivity index (χ1) is 8.82. The topological polar surface area (TPSA) is 46.2 Å². The minimum atomic E-state index is -4.03. The Morgan fingerprint density at radius 3 is 2.10 bits per heavy atom. The molecule has 1 N–H and O–H groups in total. The van der Waals surface area contributed by atoms with Crippen LogP contribution in [0.3, 0.4) is 0 Å². The molecular formula is C14H21F2NO2S. The van der Waals surface area contributed by atoms with Crippen molar-refractivity contribution < 1.29 is 17.2 Å². The smallest absolute Gasteiger partial charge is 0.207 e. The lowest BCUT2D eigenvalue weighted by molar-refractivity contribution is 0.269. The van der Waals surface area contributed by atoms with Crippen molar-refractivity contribution in [1.82, 2.24) is 4.72 Å². The van der Waals surface area contributed by atoms with Crippen LogP contribution in [0.2, 0.25) is 0 Å². The van der Waals surface area contributed by atoms with E-state index < -0.39 is 32.1 Å². The number of halogens is 2. The molecule has 0 spiro atoms. The average molecular weight is 305 g/mol. The molecule has 0 aliphatic rings. The first-order valence-corrected chi connectivity index (χ1v) is 7.80. The fraction of sp³-hybridized carbons (Fsp3) is 0.571. The van der Waals surface area contributed by atoms with Crippen LogP contribution in [-0.2, 0) is 10.0 Å². The second-order valence-electron chi connectivity index (χ2n) is 6.80. The molecule has 1 aromatic carbocycles. The van der Waals surface area contributed by atoms with Gasteiger partial charge in [-0.05, 0) is 37.8 Å². The van der Waals surface area contributed by atoms with Gasteiger partial charge in [-0.1, -0.05) is 20.8 Å². The largest absolute Gasteiger partial charge is 0.243 e. The molecule has 0 amide bonds. The molecule has 114 valence electrons. The van der Waals surface area contributed by atoms with Crippen molar-refractivity contribution in [2.75, 3.05) is 0 Å². The third-order valence-electron chi connectivity index (χ3n) is 2.57. The van der Waals surface area contributed by atoms with Crippen LogP contribution in [0.25, 0.3) is 0 Å². The molecule has 0 saturated heterocycles. The highest BCUT2D eigenvalue weighted by Gasteiger charge is 2.31. The summed E-state index contributed by atoms with van der Waals surface area (Å²) in [6, 6.07) is 2.42. The molecule has 20 heavy (non-hydrogen) atoms. The van der Waals surface area contributed by atoms with Crippen molar-refractivity contribution in [3.63, 3.8) is 0 Å². The molecule has 0 radical (unpaired) electrons. The van der Waals surface area contributed by atoms with Crippen molar-refractivity contribution in [3.8, 4) is 0 Å². The summed E-state index contributed by atoms with van der Waals surface area (Å²) in [5, 5.41) is 0. The van der Waals surface area contributed by atoms with Crippen molar-refractivity contribution >= 4 is 10.0 Å². The molecule has 0 bridgehead atoms. The molecule has 6 heteroatoms. The minimum absolute atomic E-state index is 0.0899. The van der Waals surface area contributed by atoms with E-state index in [-0.39, 0.29) is 5.41 Å². The molecule has 0 fully saturated rings. The van der Waals surface area contributed by atoms with Gasteiger partial charge < -0.3 is 0 Å². The summed E-state index contributed by atoms with van der Waals surface area (Å²) in [7, 11) is -4.03. The molecule has 0 unspecified atom stereocenters. The van der Waals surface area contributed by atoms with E-state index in [1.54, 1.807) is 13.8 Å². The van der Waals surface area contributed by atoms with Gasteiger partial charge >= 0.3 is 0 Å². The Balaban J connectivity index is 3.06. The Labute approximate surface area is 119 Å². The maximum absolute atomic E-state index is 13.6. The third-order valence-corrected chi connectivity index (χ3v) is 4.30. The summed E-state index contributed by atoms with van der Waals surface area (Å²) < 4.78 is 53.3. The third kappa shape index (κ3) is 4.83. The summed E-state index contributed by atoms with van der Waals surface area (Å²) in [6.07, 6.45) is 0.571. The molecule has 0 aliphatic carbocycles. The average Bonchev–Trinajstić information content (AvgIpc) is 2.09. The van der Waals surface area contributed by atoms with Crippen molar-refractivity contribution in [3.05, 3.63) is 29.8 Å². The van der Waals surface area contributed by atoms with E-state index in [1.807, 2.05) is 20.8 Å². The van der Waals surface area contributed by atoms with Crippen LogP contribution < -0.4 is 4.72 Å². The number of sulfonamides is 1. The van der Waals surface area contributed by atoms with Crippen LogP contribution >= 0.6 is 0 Å². The summed E-state index contributed by atoms with van der Waals surface area (Å²) in [6.45, 7) is 9.43. The zero-order valence-corrected chi connectivity index (χ0v) is 13.2. The standard InChI is InChI=1S/C14H21F2NO2S/c1-13(2,3)9-14(4,5)17-20(18,19)12-7-6-10(15)8-11(12)16/h6-8,17H,9H2,1-5H3. The van der Waals surface area contributed by atoms with Gasteiger partial charge in [0.2, 0.25) is 10.0 Å². The highest BCUT2D eigenvalue weighted by Crippen LogP contribution is 2.28. The molecule has 3 nitrogen and oxygen atoms in total. The summed E-state index contributed by atoms with van der Waals surface area (Å²) in [4.78, 5) is -0.541. The van der Waals surface area contributed by atoms with Crippen molar-refractivity contribution in [1.29, 1.82) is 0 Å². The molecule has 0 aliphatic heterocycles. The normalized spacial score (nSPS) is 13.6. The van der Waals surface area contributed by atoms with E-state index in [0.717, 1.165) is 12.1 Å². The fourth-order valence-electron chi connectivity index (χ4n) is 2.47. The van der Waals surface area contributed by atoms with Crippen LogP contribution in [0.1, 0.15) is 41.0 Å². The van der Waals surface area contributed by atoms with Gasteiger partial charge in [0.1, 0.15) is 16.5 Å². The van der Waals surface area contributed by atoms with Gasteiger partial charge in [-0.25, -0.2) is 21.9 Å². The second-order valence-corrected chi connectivity index (χ2v) is 8.45. The van der Waals surface area contributed by atoms with E-state index in [1.165, 1.54) is 0 Å². The Morgan fingerprint density at radius 2 is 1.65 bits per heavy atom. The van der Waals surface area contributed by atoms with Crippen LogP contribution in [0.4, 0.5) is 8.78 Å². The summed E-state index contributed by atoms with van der Waals surface area (Å²) in [5.41, 5.74) is -0.828. The molecule has 0 heterocycles. The number of rotatable bonds is 4. The summed E-state index contributed by atoms with van der Waals surface area (Å²) in [5.74, 6) is -1.90. The van der Waals surface area contributed by atoms with Crippen LogP contribution in [0, 0.1) is 17.0 Å². The van der Waals surface area contributed by atoms with Gasteiger partial charge in [0.25, 0.3) is 0 Å². The van der Waals surface area contributed by atoms with E-state index >= 15 is 0 Å². The highest BCUT2D eigenvalue weighted by atomic mass is 32.2. The van der Waals surface area contributed by atoms with Gasteiger partial charge in [-0.3, -0.25) is 0 Å². The first kappa shape index (κ1) is 17.0. The predicted molar refractivity (Wildman–Crippen MR) is 74.8 cm³/mol. The van der Waals surface area contributed by atoms with E-state index in [2.05, 4.69) is 4.72 Å². The number of nitrogens with one attached hydrogen (secondary N) is 1. The minimum Gasteiger partial charge on any atom is -0.207 e. The lowest BCUT2D eigenvalue weighted by Crippen LogP contribution is -2.45. The van der Waals surface area contributed by atoms with Gasteiger partial charge in [-0.2, -0.15) is 0 Å². The second kappa shape index (κ2) is 5.41. The Hall–Kier alpha value is -1.01. The Bertz CT molecular complexity index is 590. The number of hydrogen-bond acceptors (Lipinski definition) is 2. The van der Waals surface area contributed by atoms with E-state index in [0.29, 0.717) is 12.5 Å². The van der Waals surface area contributed by atoms with Crippen molar-refractivity contribution in [2.24, 2.45) is 5.41 Å². The van der Waals surface area contributed by atoms with Crippen LogP contribution in [0.5, 0.6) is 0 Å². The Morgan fingerprint density at radius 1 is 1.10 bits per heavy atom. The number of hydrogen-bond donors (Lipinski definition) is 1. The van der Waals surface area contributed by atoms with Gasteiger partial charge in [0.15, 0.2) is 0 Å². The predicted octanol–water partition coefficient (Wildman–Crippen LogP) is 3.46. The van der Waals surface area contributed by atoms with Crippen LogP contribution in [0.15, 0.2) is 23.1 Å². The fourth-order valence-corrected chi connectivity index (χ4v) is 3.95. The molecular weight excluding hydrogens is 284 g/mol. The zero-order valence-electron chi connectivity index (χ0n) is 12.4. The molecule has 1 rings (SSSR count). The SMILES string of the molecule is CC(C)(C)CC(C)(C)NS(=O)(=O)c1ccc(F)cc1F. The van der Waals surface area contributed by atoms with Crippen LogP contribution in [-0.4, -0.2) is 14.0 Å². The quantitative estimate of drug-likeness (QED) is 0.926. The lowest BCUT2D eigenvalue weighted by Gasteiger charge is -2.33. The highest BCUT2D eigenvalue weighted by molar-refractivity contribution is 7.89. The number of benzene rings is 1. The van der Waals surface area contributed by atoms with E-state index in [9.17, 15) is 17.2 Å². The molecule has 0 aromatic heterocycles. The monoisotopic (exact) mass is 305 g/mol. The maximum atomic E-state index is 13.6.